The van der Waals surface area contributed by atoms with Crippen molar-refractivity contribution in [2.45, 2.75) is 13.3 Å². The number of aryl methyl sites for hydroxylation is 1. The average Bonchev–Trinajstić information content (AvgIpc) is 2.12. The van der Waals surface area contributed by atoms with Gasteiger partial charge in [-0.05, 0) is 18.6 Å². The van der Waals surface area contributed by atoms with Crippen LogP contribution in [-0.2, 0) is 4.79 Å². The molecule has 76 valence electrons. The molecular weight excluding hydrogens is 180 g/mol. The summed E-state index contributed by atoms with van der Waals surface area (Å²) in [6.07, 6.45) is 1.94. The lowest BCUT2D eigenvalue weighted by Crippen LogP contribution is -2.16. The Morgan fingerprint density at radius 2 is 2.36 bits per heavy atom. The van der Waals surface area contributed by atoms with Gasteiger partial charge in [0.1, 0.15) is 5.82 Å². The second-order valence-corrected chi connectivity index (χ2v) is 3.03. The van der Waals surface area contributed by atoms with Crippen LogP contribution in [-0.4, -0.2) is 17.4 Å². The number of rotatable bonds is 4. The van der Waals surface area contributed by atoms with Crippen LogP contribution in [0.15, 0.2) is 12.3 Å². The Morgan fingerprint density at radius 1 is 1.64 bits per heavy atom. The molecule has 5 heteroatoms. The average molecular weight is 194 g/mol. The van der Waals surface area contributed by atoms with Crippen molar-refractivity contribution in [3.63, 3.8) is 0 Å². The van der Waals surface area contributed by atoms with Crippen molar-refractivity contribution in [1.29, 1.82) is 0 Å². The zero-order chi connectivity index (χ0) is 10.6. The van der Waals surface area contributed by atoms with E-state index in [1.165, 1.54) is 0 Å². The third-order valence-corrected chi connectivity index (χ3v) is 1.87. The van der Waals surface area contributed by atoms with Crippen molar-refractivity contribution in [2.75, 3.05) is 17.6 Å². The number of primary amides is 1. The highest BCUT2D eigenvalue weighted by molar-refractivity contribution is 5.74. The summed E-state index contributed by atoms with van der Waals surface area (Å²) >= 11 is 0. The number of anilines is 2. The first-order valence-corrected chi connectivity index (χ1v) is 4.34. The third-order valence-electron chi connectivity index (χ3n) is 1.87. The number of hydrogen-bond donors (Lipinski definition) is 3. The van der Waals surface area contributed by atoms with Crippen LogP contribution < -0.4 is 16.8 Å². The summed E-state index contributed by atoms with van der Waals surface area (Å²) in [5.74, 6) is 0.259. The summed E-state index contributed by atoms with van der Waals surface area (Å²) in [7, 11) is 0. The molecule has 1 aromatic heterocycles. The fourth-order valence-corrected chi connectivity index (χ4v) is 1.01. The summed E-state index contributed by atoms with van der Waals surface area (Å²) in [4.78, 5) is 14.5. The molecule has 0 aliphatic rings. The number of hydrogen-bond acceptors (Lipinski definition) is 4. The summed E-state index contributed by atoms with van der Waals surface area (Å²) < 4.78 is 0. The Labute approximate surface area is 82.5 Å². The van der Waals surface area contributed by atoms with Crippen LogP contribution in [0.3, 0.4) is 0 Å². The topological polar surface area (TPSA) is 94.0 Å². The maximum atomic E-state index is 10.5. The molecule has 0 spiro atoms. The molecule has 0 saturated carbocycles. The van der Waals surface area contributed by atoms with E-state index in [-0.39, 0.29) is 12.3 Å². The van der Waals surface area contributed by atoms with Gasteiger partial charge in [-0.3, -0.25) is 4.79 Å². The number of carbonyl (C=O) groups excluding carboxylic acids is 1. The first kappa shape index (κ1) is 10.3. The summed E-state index contributed by atoms with van der Waals surface area (Å²) in [6.45, 7) is 2.35. The second-order valence-electron chi connectivity index (χ2n) is 3.03. The van der Waals surface area contributed by atoms with Gasteiger partial charge in [-0.1, -0.05) is 0 Å². The highest BCUT2D eigenvalue weighted by atomic mass is 16.1. The molecule has 0 bridgehead atoms. The van der Waals surface area contributed by atoms with Crippen molar-refractivity contribution >= 4 is 17.4 Å². The number of amides is 1. The Morgan fingerprint density at radius 3 is 3.00 bits per heavy atom. The fraction of sp³-hybridized carbons (Fsp3) is 0.333. The largest absolute Gasteiger partial charge is 0.396 e. The van der Waals surface area contributed by atoms with E-state index in [2.05, 4.69) is 10.3 Å². The monoisotopic (exact) mass is 194 g/mol. The molecule has 0 radical (unpaired) electrons. The van der Waals surface area contributed by atoms with Gasteiger partial charge in [0.2, 0.25) is 5.91 Å². The van der Waals surface area contributed by atoms with E-state index in [1.54, 1.807) is 6.20 Å². The number of nitrogens with two attached hydrogens (primary N) is 2. The lowest BCUT2D eigenvalue weighted by atomic mass is 10.2. The highest BCUT2D eigenvalue weighted by Gasteiger charge is 2.02. The fourth-order valence-electron chi connectivity index (χ4n) is 1.01. The summed E-state index contributed by atoms with van der Waals surface area (Å²) in [6, 6.07) is 1.83. The van der Waals surface area contributed by atoms with E-state index < -0.39 is 0 Å². The van der Waals surface area contributed by atoms with Gasteiger partial charge in [-0.25, -0.2) is 4.98 Å². The van der Waals surface area contributed by atoms with Gasteiger partial charge in [-0.2, -0.15) is 0 Å². The van der Waals surface area contributed by atoms with Gasteiger partial charge in [0.05, 0.1) is 5.69 Å². The molecule has 0 unspecified atom stereocenters. The van der Waals surface area contributed by atoms with Crippen molar-refractivity contribution in [3.05, 3.63) is 17.8 Å². The van der Waals surface area contributed by atoms with Crippen LogP contribution in [0.4, 0.5) is 11.5 Å². The van der Waals surface area contributed by atoms with Gasteiger partial charge in [0, 0.05) is 19.2 Å². The molecule has 0 saturated heterocycles. The molecule has 5 N–H and O–H groups in total. The first-order chi connectivity index (χ1) is 6.61. The number of nitrogens with one attached hydrogen (secondary N) is 1. The van der Waals surface area contributed by atoms with Crippen molar-refractivity contribution in [3.8, 4) is 0 Å². The van der Waals surface area contributed by atoms with E-state index in [4.69, 9.17) is 11.5 Å². The zero-order valence-corrected chi connectivity index (χ0v) is 8.08. The third kappa shape index (κ3) is 2.62. The number of aromatic nitrogens is 1. The quantitative estimate of drug-likeness (QED) is 0.640. The SMILES string of the molecule is Cc1ccnc(NCCC(N)=O)c1N. The van der Waals surface area contributed by atoms with Crippen molar-refractivity contribution in [2.24, 2.45) is 5.73 Å². The maximum absolute atomic E-state index is 10.5. The van der Waals surface area contributed by atoms with Gasteiger partial charge in [0.15, 0.2) is 0 Å². The summed E-state index contributed by atoms with van der Waals surface area (Å²) in [5.41, 5.74) is 12.3. The Hall–Kier alpha value is -1.78. The van der Waals surface area contributed by atoms with Crippen LogP contribution in [0.5, 0.6) is 0 Å². The first-order valence-electron chi connectivity index (χ1n) is 4.34. The number of pyridine rings is 1. The van der Waals surface area contributed by atoms with Crippen LogP contribution in [0, 0.1) is 6.92 Å². The second kappa shape index (κ2) is 4.45. The molecule has 1 aromatic rings. The smallest absolute Gasteiger partial charge is 0.219 e. The Bertz CT molecular complexity index is 338. The maximum Gasteiger partial charge on any atom is 0.219 e. The molecular formula is C9H14N4O. The van der Waals surface area contributed by atoms with Crippen molar-refractivity contribution < 1.29 is 4.79 Å². The van der Waals surface area contributed by atoms with E-state index in [9.17, 15) is 4.79 Å². The van der Waals surface area contributed by atoms with Crippen LogP contribution in [0.1, 0.15) is 12.0 Å². The lowest BCUT2D eigenvalue weighted by Gasteiger charge is -2.08. The number of nitrogens with zero attached hydrogens (tertiary/aromatic N) is 1. The minimum Gasteiger partial charge on any atom is -0.396 e. The predicted octanol–water partition coefficient (Wildman–Crippen LogP) is 0.260. The molecule has 0 fully saturated rings. The molecule has 1 amide bonds. The molecule has 1 heterocycles. The molecule has 5 nitrogen and oxygen atoms in total. The zero-order valence-electron chi connectivity index (χ0n) is 8.08. The minimum atomic E-state index is -0.344. The lowest BCUT2D eigenvalue weighted by molar-refractivity contribution is -0.117. The van der Waals surface area contributed by atoms with E-state index in [1.807, 2.05) is 13.0 Å². The standard InChI is InChI=1S/C9H14N4O/c1-6-2-4-12-9(8(6)11)13-5-3-7(10)14/h2,4H,3,5,11H2,1H3,(H2,10,14)(H,12,13). The van der Waals surface area contributed by atoms with Crippen LogP contribution >= 0.6 is 0 Å². The molecule has 0 aliphatic heterocycles. The molecule has 1 rings (SSSR count). The van der Waals surface area contributed by atoms with E-state index >= 15 is 0 Å². The molecule has 0 aliphatic carbocycles. The van der Waals surface area contributed by atoms with Gasteiger partial charge in [0.25, 0.3) is 0 Å². The number of nitrogen functional groups attached to an aromatic ring is 1. The van der Waals surface area contributed by atoms with Gasteiger partial charge < -0.3 is 16.8 Å². The Balaban J connectivity index is 2.59. The summed E-state index contributed by atoms with van der Waals surface area (Å²) in [5, 5.41) is 2.95. The van der Waals surface area contributed by atoms with Crippen LogP contribution in [0.2, 0.25) is 0 Å². The normalized spacial score (nSPS) is 9.79. The predicted molar refractivity (Wildman–Crippen MR) is 55.7 cm³/mol. The van der Waals surface area contributed by atoms with Crippen molar-refractivity contribution in [1.82, 2.24) is 4.98 Å². The number of carbonyl (C=O) groups is 1. The minimum absolute atomic E-state index is 0.273. The molecule has 14 heavy (non-hydrogen) atoms. The highest BCUT2D eigenvalue weighted by Crippen LogP contribution is 2.18. The van der Waals surface area contributed by atoms with Gasteiger partial charge in [-0.15, -0.1) is 0 Å². The molecule has 0 atom stereocenters. The van der Waals surface area contributed by atoms with E-state index in [0.717, 1.165) is 5.56 Å². The van der Waals surface area contributed by atoms with Gasteiger partial charge >= 0.3 is 0 Å². The molecule has 0 aromatic carbocycles. The van der Waals surface area contributed by atoms with Crippen LogP contribution in [0.25, 0.3) is 0 Å². The van der Waals surface area contributed by atoms with E-state index in [0.29, 0.717) is 18.1 Å². The Kier molecular flexibility index (Phi) is 3.28.